The second kappa shape index (κ2) is 5.92. The van der Waals surface area contributed by atoms with Gasteiger partial charge in [-0.25, -0.2) is 0 Å². The van der Waals surface area contributed by atoms with Crippen LogP contribution in [0.15, 0.2) is 42.0 Å². The maximum Gasteiger partial charge on any atom is 0.269 e. The van der Waals surface area contributed by atoms with E-state index in [9.17, 15) is 8.78 Å². The van der Waals surface area contributed by atoms with Crippen LogP contribution < -0.4 is 5.32 Å². The number of allylic oxidation sites excluding steroid dienone is 1. The Morgan fingerprint density at radius 1 is 1.12 bits per heavy atom. The smallest absolute Gasteiger partial charge is 0.269 e. The normalized spacial score (nSPS) is 20.4. The van der Waals surface area contributed by atoms with Gasteiger partial charge in [-0.15, -0.1) is 0 Å². The molecule has 0 bridgehead atoms. The Balaban J connectivity index is 1.77. The Morgan fingerprint density at radius 3 is 2.35 bits per heavy atom. The minimum absolute atomic E-state index is 0.350. The van der Waals surface area contributed by atoms with Gasteiger partial charge in [-0.05, 0) is 36.8 Å². The van der Waals surface area contributed by atoms with Crippen molar-refractivity contribution in [1.29, 1.82) is 0 Å². The lowest BCUT2D eigenvalue weighted by Gasteiger charge is -2.24. The number of rotatable bonds is 3. The summed E-state index contributed by atoms with van der Waals surface area (Å²) in [5.41, 5.74) is 1.59. The van der Waals surface area contributed by atoms with E-state index in [4.69, 9.17) is 0 Å². The summed E-state index contributed by atoms with van der Waals surface area (Å²) >= 11 is 0. The van der Waals surface area contributed by atoms with Gasteiger partial charge in [0.1, 0.15) is 0 Å². The molecule has 0 spiro atoms. The van der Waals surface area contributed by atoms with Crippen LogP contribution in [-0.4, -0.2) is 6.04 Å². The van der Waals surface area contributed by atoms with Crippen LogP contribution in [0.5, 0.6) is 0 Å². The maximum absolute atomic E-state index is 12.4. The molecule has 0 amide bonds. The molecule has 1 aliphatic rings. The molecule has 1 aliphatic carbocycles. The molecule has 0 saturated heterocycles. The first kappa shape index (κ1) is 12.2. The molecule has 0 atom stereocenters. The van der Waals surface area contributed by atoms with E-state index in [1.54, 1.807) is 0 Å². The second-order valence-electron chi connectivity index (χ2n) is 4.50. The van der Waals surface area contributed by atoms with Crippen LogP contribution in [-0.2, 0) is 6.54 Å². The van der Waals surface area contributed by atoms with Gasteiger partial charge in [0.15, 0.2) is 0 Å². The lowest BCUT2D eigenvalue weighted by Crippen LogP contribution is -2.31. The molecule has 0 heterocycles. The van der Waals surface area contributed by atoms with Gasteiger partial charge in [0.05, 0.1) is 0 Å². The van der Waals surface area contributed by atoms with E-state index in [0.717, 1.165) is 19.4 Å². The average Bonchev–Trinajstić information content (AvgIpc) is 2.38. The predicted molar refractivity (Wildman–Crippen MR) is 64.8 cm³/mol. The van der Waals surface area contributed by atoms with Gasteiger partial charge in [-0.2, -0.15) is 8.78 Å². The van der Waals surface area contributed by atoms with Crippen LogP contribution in [0.3, 0.4) is 0 Å². The van der Waals surface area contributed by atoms with Crippen molar-refractivity contribution >= 4 is 0 Å². The van der Waals surface area contributed by atoms with E-state index in [-0.39, 0.29) is 0 Å². The third-order valence-electron chi connectivity index (χ3n) is 3.29. The molecule has 1 saturated carbocycles. The molecule has 0 radical (unpaired) electrons. The SMILES string of the molecule is FC(F)=C1CCC(NCc2ccccc2)CC1. The van der Waals surface area contributed by atoms with E-state index < -0.39 is 6.08 Å². The van der Waals surface area contributed by atoms with Gasteiger partial charge < -0.3 is 5.32 Å². The van der Waals surface area contributed by atoms with Gasteiger partial charge in [0.2, 0.25) is 0 Å². The van der Waals surface area contributed by atoms with Gasteiger partial charge in [-0.1, -0.05) is 30.3 Å². The van der Waals surface area contributed by atoms with Crippen molar-refractivity contribution in [2.45, 2.75) is 38.3 Å². The highest BCUT2D eigenvalue weighted by molar-refractivity contribution is 5.14. The number of hydrogen-bond acceptors (Lipinski definition) is 1. The fraction of sp³-hybridized carbons (Fsp3) is 0.429. The van der Waals surface area contributed by atoms with Crippen molar-refractivity contribution in [2.75, 3.05) is 0 Å². The molecule has 17 heavy (non-hydrogen) atoms. The standard InChI is InChI=1S/C14H17F2N/c15-14(16)12-6-8-13(9-7-12)17-10-11-4-2-1-3-5-11/h1-5,13,17H,6-10H2. The molecule has 1 nitrogen and oxygen atoms in total. The topological polar surface area (TPSA) is 12.0 Å². The Morgan fingerprint density at radius 2 is 1.76 bits per heavy atom. The highest BCUT2D eigenvalue weighted by Gasteiger charge is 2.18. The maximum atomic E-state index is 12.4. The molecular weight excluding hydrogens is 220 g/mol. The molecule has 1 fully saturated rings. The lowest BCUT2D eigenvalue weighted by molar-refractivity contribution is 0.365. The summed E-state index contributed by atoms with van der Waals surface area (Å²) in [7, 11) is 0. The number of nitrogens with one attached hydrogen (secondary N) is 1. The van der Waals surface area contributed by atoms with Crippen LogP contribution in [0.4, 0.5) is 8.78 Å². The zero-order valence-corrected chi connectivity index (χ0v) is 9.76. The largest absolute Gasteiger partial charge is 0.310 e. The van der Waals surface area contributed by atoms with E-state index in [0.29, 0.717) is 24.5 Å². The summed E-state index contributed by atoms with van der Waals surface area (Å²) in [5, 5.41) is 3.43. The molecular formula is C14H17F2N. The predicted octanol–water partition coefficient (Wildman–Crippen LogP) is 3.87. The van der Waals surface area contributed by atoms with E-state index in [1.807, 2.05) is 18.2 Å². The van der Waals surface area contributed by atoms with Crippen molar-refractivity contribution in [3.63, 3.8) is 0 Å². The number of benzene rings is 1. The minimum atomic E-state index is -1.47. The summed E-state index contributed by atoms with van der Waals surface area (Å²) in [6, 6.07) is 10.5. The summed E-state index contributed by atoms with van der Waals surface area (Å²) in [5.74, 6) is 0. The van der Waals surface area contributed by atoms with Crippen molar-refractivity contribution in [1.82, 2.24) is 5.32 Å². The zero-order chi connectivity index (χ0) is 12.1. The molecule has 92 valence electrons. The van der Waals surface area contributed by atoms with E-state index in [2.05, 4.69) is 17.4 Å². The Kier molecular flexibility index (Phi) is 4.26. The summed E-state index contributed by atoms with van der Waals surface area (Å²) < 4.78 is 24.7. The monoisotopic (exact) mass is 237 g/mol. The zero-order valence-electron chi connectivity index (χ0n) is 9.76. The summed E-state index contributed by atoms with van der Waals surface area (Å²) in [6.07, 6.45) is 1.24. The molecule has 0 aliphatic heterocycles. The van der Waals surface area contributed by atoms with Crippen LogP contribution in [0.25, 0.3) is 0 Å². The van der Waals surface area contributed by atoms with Crippen LogP contribution in [0, 0.1) is 0 Å². The van der Waals surface area contributed by atoms with Crippen LogP contribution in [0.2, 0.25) is 0 Å². The molecule has 2 rings (SSSR count). The first-order chi connectivity index (χ1) is 8.25. The number of hydrogen-bond donors (Lipinski definition) is 1. The van der Waals surface area contributed by atoms with Crippen LogP contribution in [0.1, 0.15) is 31.2 Å². The van der Waals surface area contributed by atoms with Gasteiger partial charge in [-0.3, -0.25) is 0 Å². The van der Waals surface area contributed by atoms with E-state index in [1.165, 1.54) is 5.56 Å². The quantitative estimate of drug-likeness (QED) is 0.841. The van der Waals surface area contributed by atoms with Crippen LogP contribution >= 0.6 is 0 Å². The Hall–Kier alpha value is -1.22. The highest BCUT2D eigenvalue weighted by atomic mass is 19.3. The third-order valence-corrected chi connectivity index (χ3v) is 3.29. The summed E-state index contributed by atoms with van der Waals surface area (Å²) in [6.45, 7) is 0.822. The third kappa shape index (κ3) is 3.63. The molecule has 0 unspecified atom stereocenters. The second-order valence-corrected chi connectivity index (χ2v) is 4.50. The van der Waals surface area contributed by atoms with Crippen molar-refractivity contribution in [3.8, 4) is 0 Å². The fourth-order valence-corrected chi connectivity index (χ4v) is 2.22. The lowest BCUT2D eigenvalue weighted by atomic mass is 9.91. The average molecular weight is 237 g/mol. The molecule has 3 heteroatoms. The number of halogens is 2. The molecule has 1 N–H and O–H groups in total. The van der Waals surface area contributed by atoms with Crippen molar-refractivity contribution < 1.29 is 8.78 Å². The molecule has 1 aromatic rings. The van der Waals surface area contributed by atoms with Gasteiger partial charge >= 0.3 is 0 Å². The first-order valence-corrected chi connectivity index (χ1v) is 6.06. The van der Waals surface area contributed by atoms with Gasteiger partial charge in [0, 0.05) is 12.6 Å². The highest BCUT2D eigenvalue weighted by Crippen LogP contribution is 2.27. The van der Waals surface area contributed by atoms with Crippen molar-refractivity contribution in [2.24, 2.45) is 0 Å². The Labute approximate surface area is 101 Å². The Bertz CT molecular complexity index is 372. The van der Waals surface area contributed by atoms with Crippen molar-refractivity contribution in [3.05, 3.63) is 47.5 Å². The van der Waals surface area contributed by atoms with E-state index >= 15 is 0 Å². The summed E-state index contributed by atoms with van der Waals surface area (Å²) in [4.78, 5) is 0. The van der Waals surface area contributed by atoms with Gasteiger partial charge in [0.25, 0.3) is 6.08 Å². The minimum Gasteiger partial charge on any atom is -0.310 e. The molecule has 1 aromatic carbocycles. The fourth-order valence-electron chi connectivity index (χ4n) is 2.22. The molecule has 0 aromatic heterocycles. The first-order valence-electron chi connectivity index (χ1n) is 6.06.